The fourth-order valence-electron chi connectivity index (χ4n) is 2.54. The summed E-state index contributed by atoms with van der Waals surface area (Å²) in [4.78, 5) is 12.6. The van der Waals surface area contributed by atoms with Crippen molar-refractivity contribution in [1.29, 1.82) is 5.26 Å². The Morgan fingerprint density at radius 2 is 2.14 bits per heavy atom. The van der Waals surface area contributed by atoms with Crippen molar-refractivity contribution in [3.05, 3.63) is 33.9 Å². The van der Waals surface area contributed by atoms with Crippen LogP contribution in [0.25, 0.3) is 0 Å². The maximum Gasteiger partial charge on any atom is 0.270 e. The van der Waals surface area contributed by atoms with Crippen LogP contribution >= 0.6 is 0 Å². The fraction of sp³-hybridized carbons (Fsp3) is 0.533. The molecule has 1 fully saturated rings. The van der Waals surface area contributed by atoms with Gasteiger partial charge < -0.3 is 10.2 Å². The first-order chi connectivity index (χ1) is 9.93. The number of piperidine rings is 1. The Hall–Kier alpha value is -2.13. The van der Waals surface area contributed by atoms with Gasteiger partial charge in [0.05, 0.1) is 16.2 Å². The second-order valence-corrected chi connectivity index (χ2v) is 6.07. The van der Waals surface area contributed by atoms with Crippen LogP contribution in [-0.2, 0) is 0 Å². The SMILES string of the molecule is CN1CCC(C)(CNc2ccc([N+](=O)[O-])cc2C#N)CC1. The first-order valence-electron chi connectivity index (χ1n) is 7.04. The molecule has 6 heteroatoms. The highest BCUT2D eigenvalue weighted by Gasteiger charge is 2.28. The minimum Gasteiger partial charge on any atom is -0.383 e. The molecule has 0 spiro atoms. The lowest BCUT2D eigenvalue weighted by Crippen LogP contribution is -2.40. The number of hydrogen-bond acceptors (Lipinski definition) is 5. The molecule has 0 aromatic heterocycles. The number of rotatable bonds is 4. The lowest BCUT2D eigenvalue weighted by Gasteiger charge is -2.38. The fourth-order valence-corrected chi connectivity index (χ4v) is 2.54. The van der Waals surface area contributed by atoms with E-state index in [1.54, 1.807) is 6.07 Å². The molecule has 0 amide bonds. The molecule has 1 saturated heterocycles. The zero-order valence-electron chi connectivity index (χ0n) is 12.4. The molecule has 1 aromatic rings. The van der Waals surface area contributed by atoms with Crippen molar-refractivity contribution in [2.75, 3.05) is 32.0 Å². The van der Waals surface area contributed by atoms with Crippen LogP contribution in [0, 0.1) is 26.9 Å². The van der Waals surface area contributed by atoms with Gasteiger partial charge in [-0.2, -0.15) is 5.26 Å². The van der Waals surface area contributed by atoms with Gasteiger partial charge in [-0.25, -0.2) is 0 Å². The Kier molecular flexibility index (Phi) is 4.43. The minimum atomic E-state index is -0.483. The summed E-state index contributed by atoms with van der Waals surface area (Å²) in [5.74, 6) is 0. The molecule has 2 rings (SSSR count). The zero-order chi connectivity index (χ0) is 15.5. The van der Waals surface area contributed by atoms with Gasteiger partial charge in [0.2, 0.25) is 0 Å². The number of likely N-dealkylation sites (tertiary alicyclic amines) is 1. The number of non-ortho nitro benzene ring substituents is 1. The van der Waals surface area contributed by atoms with Gasteiger partial charge in [-0.15, -0.1) is 0 Å². The highest BCUT2D eigenvalue weighted by molar-refractivity contribution is 5.61. The third-order valence-electron chi connectivity index (χ3n) is 4.23. The molecule has 6 nitrogen and oxygen atoms in total. The second-order valence-electron chi connectivity index (χ2n) is 6.07. The summed E-state index contributed by atoms with van der Waals surface area (Å²) in [7, 11) is 2.12. The van der Waals surface area contributed by atoms with E-state index in [2.05, 4.69) is 24.2 Å². The number of nitro benzene ring substituents is 1. The molecule has 1 aliphatic heterocycles. The summed E-state index contributed by atoms with van der Waals surface area (Å²) in [5.41, 5.74) is 1.13. The Balaban J connectivity index is 2.06. The van der Waals surface area contributed by atoms with Crippen molar-refractivity contribution in [2.24, 2.45) is 5.41 Å². The largest absolute Gasteiger partial charge is 0.383 e. The second kappa shape index (κ2) is 6.10. The van der Waals surface area contributed by atoms with E-state index in [-0.39, 0.29) is 11.1 Å². The monoisotopic (exact) mass is 288 g/mol. The predicted molar refractivity (Wildman–Crippen MR) is 81.1 cm³/mol. The number of benzene rings is 1. The Labute approximate surface area is 124 Å². The van der Waals surface area contributed by atoms with E-state index in [4.69, 9.17) is 5.26 Å². The van der Waals surface area contributed by atoms with Gasteiger partial charge >= 0.3 is 0 Å². The van der Waals surface area contributed by atoms with Gasteiger partial charge in [0, 0.05) is 18.7 Å². The molecule has 0 atom stereocenters. The summed E-state index contributed by atoms with van der Waals surface area (Å²) >= 11 is 0. The lowest BCUT2D eigenvalue weighted by molar-refractivity contribution is -0.384. The number of nitriles is 1. The molecule has 0 bridgehead atoms. The van der Waals surface area contributed by atoms with Gasteiger partial charge in [0.1, 0.15) is 6.07 Å². The minimum absolute atomic E-state index is 0.0531. The number of nitrogens with zero attached hydrogens (tertiary/aromatic N) is 3. The third kappa shape index (κ3) is 3.70. The van der Waals surface area contributed by atoms with Gasteiger partial charge in [-0.1, -0.05) is 6.92 Å². The van der Waals surface area contributed by atoms with Crippen molar-refractivity contribution < 1.29 is 4.92 Å². The van der Waals surface area contributed by atoms with Gasteiger partial charge in [-0.3, -0.25) is 10.1 Å². The van der Waals surface area contributed by atoms with Crippen LogP contribution in [0.3, 0.4) is 0 Å². The van der Waals surface area contributed by atoms with E-state index in [9.17, 15) is 10.1 Å². The van der Waals surface area contributed by atoms with Crippen molar-refractivity contribution >= 4 is 11.4 Å². The average molecular weight is 288 g/mol. The lowest BCUT2D eigenvalue weighted by atomic mass is 9.80. The van der Waals surface area contributed by atoms with Crippen LogP contribution < -0.4 is 5.32 Å². The average Bonchev–Trinajstić information content (AvgIpc) is 2.48. The molecule has 0 radical (unpaired) electrons. The highest BCUT2D eigenvalue weighted by atomic mass is 16.6. The van der Waals surface area contributed by atoms with E-state index in [1.807, 2.05) is 6.07 Å². The molecule has 0 saturated carbocycles. The molecular weight excluding hydrogens is 268 g/mol. The molecule has 1 N–H and O–H groups in total. The first kappa shape index (κ1) is 15.3. The van der Waals surface area contributed by atoms with Crippen LogP contribution in [0.15, 0.2) is 18.2 Å². The maximum absolute atomic E-state index is 10.7. The summed E-state index contributed by atoms with van der Waals surface area (Å²) in [5, 5.41) is 23.2. The first-order valence-corrected chi connectivity index (χ1v) is 7.04. The zero-order valence-corrected chi connectivity index (χ0v) is 12.4. The number of anilines is 1. The number of nitro groups is 1. The van der Waals surface area contributed by atoms with Crippen molar-refractivity contribution in [2.45, 2.75) is 19.8 Å². The number of nitrogens with one attached hydrogen (secondary N) is 1. The molecule has 1 aromatic carbocycles. The summed E-state index contributed by atoms with van der Waals surface area (Å²) < 4.78 is 0. The van der Waals surface area contributed by atoms with E-state index in [1.165, 1.54) is 12.1 Å². The van der Waals surface area contributed by atoms with E-state index < -0.39 is 4.92 Å². The standard InChI is InChI=1S/C15H20N4O2/c1-15(5-7-18(2)8-6-15)11-17-14-4-3-13(19(20)21)9-12(14)10-16/h3-4,9,17H,5-8,11H2,1-2H3. The quantitative estimate of drug-likeness (QED) is 0.680. The van der Waals surface area contributed by atoms with Crippen LogP contribution in [0.5, 0.6) is 0 Å². The van der Waals surface area contributed by atoms with Crippen LogP contribution in [0.1, 0.15) is 25.3 Å². The topological polar surface area (TPSA) is 82.2 Å². The molecule has 0 unspecified atom stereocenters. The summed E-state index contributed by atoms with van der Waals surface area (Å²) in [6.45, 7) is 5.16. The Morgan fingerprint density at radius 1 is 1.48 bits per heavy atom. The van der Waals surface area contributed by atoms with Crippen molar-refractivity contribution in [3.63, 3.8) is 0 Å². The van der Waals surface area contributed by atoms with Gasteiger partial charge in [0.25, 0.3) is 5.69 Å². The van der Waals surface area contributed by atoms with E-state index >= 15 is 0 Å². The van der Waals surface area contributed by atoms with Crippen LogP contribution in [0.4, 0.5) is 11.4 Å². The highest BCUT2D eigenvalue weighted by Crippen LogP contribution is 2.31. The Bertz CT molecular complexity index is 572. The van der Waals surface area contributed by atoms with Gasteiger partial charge in [0.15, 0.2) is 0 Å². The molecule has 21 heavy (non-hydrogen) atoms. The predicted octanol–water partition coefficient (Wildman–Crippen LogP) is 2.61. The Morgan fingerprint density at radius 3 is 2.71 bits per heavy atom. The number of hydrogen-bond donors (Lipinski definition) is 1. The molecule has 0 aliphatic carbocycles. The van der Waals surface area contributed by atoms with Crippen LogP contribution in [0.2, 0.25) is 0 Å². The van der Waals surface area contributed by atoms with E-state index in [0.717, 1.165) is 32.5 Å². The van der Waals surface area contributed by atoms with Crippen molar-refractivity contribution in [3.8, 4) is 6.07 Å². The third-order valence-corrected chi connectivity index (χ3v) is 4.23. The summed E-state index contributed by atoms with van der Waals surface area (Å²) in [6, 6.07) is 6.39. The van der Waals surface area contributed by atoms with Crippen molar-refractivity contribution in [1.82, 2.24) is 4.90 Å². The molecule has 112 valence electrons. The summed E-state index contributed by atoms with van der Waals surface area (Å²) in [6.07, 6.45) is 2.21. The molecule has 1 aliphatic rings. The normalized spacial score (nSPS) is 18.0. The smallest absolute Gasteiger partial charge is 0.270 e. The van der Waals surface area contributed by atoms with Crippen LogP contribution in [-0.4, -0.2) is 36.5 Å². The molecule has 1 heterocycles. The van der Waals surface area contributed by atoms with E-state index in [0.29, 0.717) is 11.3 Å². The van der Waals surface area contributed by atoms with Gasteiger partial charge in [-0.05, 0) is 44.5 Å². The molecular formula is C15H20N4O2. The maximum atomic E-state index is 10.7.